The van der Waals surface area contributed by atoms with Crippen LogP contribution in [-0.4, -0.2) is 40.5 Å². The Kier molecular flexibility index (Phi) is 4.63. The number of nitrogens with zero attached hydrogens (tertiary/aromatic N) is 3. The van der Waals surface area contributed by atoms with Crippen molar-refractivity contribution in [2.24, 2.45) is 0 Å². The molecule has 0 saturated carbocycles. The molecule has 1 fully saturated rings. The topological polar surface area (TPSA) is 55.3 Å². The van der Waals surface area contributed by atoms with Gasteiger partial charge in [0.15, 0.2) is 5.82 Å². The first-order valence-electron chi connectivity index (χ1n) is 8.86. The van der Waals surface area contributed by atoms with Crippen LogP contribution in [0.1, 0.15) is 23.2 Å². The summed E-state index contributed by atoms with van der Waals surface area (Å²) in [5, 5.41) is 2.34. The van der Waals surface area contributed by atoms with Gasteiger partial charge in [0.25, 0.3) is 0 Å². The Morgan fingerprint density at radius 2 is 2.04 bits per heavy atom. The zero-order valence-electron chi connectivity index (χ0n) is 14.8. The van der Waals surface area contributed by atoms with Crippen LogP contribution < -0.4 is 0 Å². The van der Waals surface area contributed by atoms with E-state index in [1.54, 1.807) is 6.20 Å². The first-order chi connectivity index (χ1) is 12.7. The molecule has 0 unspecified atom stereocenters. The Morgan fingerprint density at radius 3 is 2.88 bits per heavy atom. The van der Waals surface area contributed by atoms with Crippen LogP contribution in [0.3, 0.4) is 0 Å². The molecule has 2 aromatic carbocycles. The molecule has 3 aromatic rings. The molecule has 0 spiro atoms. The van der Waals surface area contributed by atoms with Crippen LogP contribution in [0.25, 0.3) is 10.8 Å². The average molecular weight is 347 g/mol. The quantitative estimate of drug-likeness (QED) is 0.731. The number of ether oxygens (including phenoxy) is 1. The van der Waals surface area contributed by atoms with E-state index in [9.17, 15) is 4.79 Å². The molecule has 5 heteroatoms. The molecule has 132 valence electrons. The highest BCUT2D eigenvalue weighted by Gasteiger charge is 2.27. The minimum atomic E-state index is -0.260. The normalized spacial score (nSPS) is 17.4. The van der Waals surface area contributed by atoms with Gasteiger partial charge in [-0.3, -0.25) is 4.79 Å². The molecule has 4 rings (SSSR count). The number of hydrogen-bond acceptors (Lipinski definition) is 4. The van der Waals surface area contributed by atoms with Crippen molar-refractivity contribution in [1.29, 1.82) is 0 Å². The van der Waals surface area contributed by atoms with Crippen LogP contribution in [-0.2, 0) is 16.0 Å². The lowest BCUT2D eigenvalue weighted by Gasteiger charge is -2.32. The molecule has 0 aliphatic carbocycles. The van der Waals surface area contributed by atoms with Crippen LogP contribution in [0.15, 0.2) is 54.7 Å². The molecule has 1 aromatic heterocycles. The van der Waals surface area contributed by atoms with Crippen molar-refractivity contribution in [2.75, 3.05) is 19.7 Å². The van der Waals surface area contributed by atoms with E-state index in [0.29, 0.717) is 31.9 Å². The van der Waals surface area contributed by atoms with Crippen molar-refractivity contribution in [1.82, 2.24) is 14.9 Å². The van der Waals surface area contributed by atoms with Crippen molar-refractivity contribution < 1.29 is 9.53 Å². The summed E-state index contributed by atoms with van der Waals surface area (Å²) in [5.74, 6) is 0.759. The molecule has 26 heavy (non-hydrogen) atoms. The highest BCUT2D eigenvalue weighted by molar-refractivity contribution is 5.85. The van der Waals surface area contributed by atoms with Gasteiger partial charge in [0.05, 0.1) is 19.6 Å². The standard InChI is InChI=1S/C21H21N3O2/c1-15-8-9-22-21(23-15)19-14-24(10-11-26-19)20(25)13-16-6-7-17-4-2-3-5-18(17)12-16/h2-9,12,19H,10-11,13-14H2,1H3/t19-/m1/s1. The fourth-order valence-corrected chi connectivity index (χ4v) is 3.29. The number of morpholine rings is 1. The van der Waals surface area contributed by atoms with Gasteiger partial charge in [0, 0.05) is 18.4 Å². The summed E-state index contributed by atoms with van der Waals surface area (Å²) in [7, 11) is 0. The number of hydrogen-bond donors (Lipinski definition) is 0. The molecular formula is C21H21N3O2. The molecule has 0 N–H and O–H groups in total. The molecule has 2 heterocycles. The first-order valence-corrected chi connectivity index (χ1v) is 8.86. The van der Waals surface area contributed by atoms with Gasteiger partial charge < -0.3 is 9.64 Å². The Hall–Kier alpha value is -2.79. The summed E-state index contributed by atoms with van der Waals surface area (Å²) in [6.07, 6.45) is 1.87. The van der Waals surface area contributed by atoms with Gasteiger partial charge >= 0.3 is 0 Å². The maximum atomic E-state index is 12.8. The van der Waals surface area contributed by atoms with E-state index in [2.05, 4.69) is 34.2 Å². The molecular weight excluding hydrogens is 326 g/mol. The highest BCUT2D eigenvalue weighted by Crippen LogP contribution is 2.21. The maximum absolute atomic E-state index is 12.8. The summed E-state index contributed by atoms with van der Waals surface area (Å²) in [6, 6.07) is 16.2. The molecule has 1 aliphatic rings. The van der Waals surface area contributed by atoms with Crippen LogP contribution in [0.2, 0.25) is 0 Å². The molecule has 0 bridgehead atoms. The smallest absolute Gasteiger partial charge is 0.227 e. The second-order valence-electron chi connectivity index (χ2n) is 6.61. The summed E-state index contributed by atoms with van der Waals surface area (Å²) in [5.41, 5.74) is 1.93. The Morgan fingerprint density at radius 1 is 1.19 bits per heavy atom. The van der Waals surface area contributed by atoms with Gasteiger partial charge in [0.1, 0.15) is 6.10 Å². The molecule has 0 radical (unpaired) electrons. The molecule has 1 amide bonds. The molecule has 1 aliphatic heterocycles. The number of rotatable bonds is 3. The van der Waals surface area contributed by atoms with Crippen molar-refractivity contribution in [2.45, 2.75) is 19.4 Å². The zero-order valence-corrected chi connectivity index (χ0v) is 14.8. The minimum Gasteiger partial charge on any atom is -0.367 e. The second-order valence-corrected chi connectivity index (χ2v) is 6.61. The minimum absolute atomic E-state index is 0.112. The SMILES string of the molecule is Cc1ccnc([C@H]2CN(C(=O)Cc3ccc4ccccc4c3)CCO2)n1. The van der Waals surface area contributed by atoms with Crippen molar-refractivity contribution in [3.05, 3.63) is 71.8 Å². The number of benzene rings is 2. The Bertz CT molecular complexity index is 941. The molecule has 1 saturated heterocycles. The lowest BCUT2D eigenvalue weighted by Crippen LogP contribution is -2.43. The average Bonchev–Trinajstić information content (AvgIpc) is 2.68. The van der Waals surface area contributed by atoms with Crippen LogP contribution in [0.4, 0.5) is 0 Å². The predicted molar refractivity (Wildman–Crippen MR) is 99.7 cm³/mol. The largest absolute Gasteiger partial charge is 0.367 e. The Balaban J connectivity index is 1.46. The number of aryl methyl sites for hydroxylation is 1. The fourth-order valence-electron chi connectivity index (χ4n) is 3.29. The number of fused-ring (bicyclic) bond motifs is 1. The highest BCUT2D eigenvalue weighted by atomic mass is 16.5. The van der Waals surface area contributed by atoms with Gasteiger partial charge in [-0.25, -0.2) is 9.97 Å². The predicted octanol–water partition coefficient (Wildman–Crippen LogP) is 3.08. The zero-order chi connectivity index (χ0) is 17.9. The van der Waals surface area contributed by atoms with Crippen molar-refractivity contribution in [3.63, 3.8) is 0 Å². The third kappa shape index (κ3) is 3.58. The summed E-state index contributed by atoms with van der Waals surface area (Å²) < 4.78 is 5.79. The van der Waals surface area contributed by atoms with E-state index in [1.165, 1.54) is 5.39 Å². The van der Waals surface area contributed by atoms with E-state index in [0.717, 1.165) is 16.6 Å². The number of aromatic nitrogens is 2. The summed E-state index contributed by atoms with van der Waals surface area (Å²) in [4.78, 5) is 23.4. The van der Waals surface area contributed by atoms with Gasteiger partial charge in [0.2, 0.25) is 5.91 Å². The fraction of sp³-hybridized carbons (Fsp3) is 0.286. The summed E-state index contributed by atoms with van der Waals surface area (Å²) in [6.45, 7) is 3.53. The molecule has 1 atom stereocenters. The number of amides is 1. The number of carbonyl (C=O) groups is 1. The van der Waals surface area contributed by atoms with Crippen LogP contribution >= 0.6 is 0 Å². The van der Waals surface area contributed by atoms with E-state index in [1.807, 2.05) is 36.1 Å². The van der Waals surface area contributed by atoms with Crippen molar-refractivity contribution in [3.8, 4) is 0 Å². The lowest BCUT2D eigenvalue weighted by molar-refractivity contribution is -0.138. The third-order valence-corrected chi connectivity index (χ3v) is 4.69. The second kappa shape index (κ2) is 7.22. The van der Waals surface area contributed by atoms with E-state index >= 15 is 0 Å². The first kappa shape index (κ1) is 16.7. The summed E-state index contributed by atoms with van der Waals surface area (Å²) >= 11 is 0. The van der Waals surface area contributed by atoms with E-state index < -0.39 is 0 Å². The van der Waals surface area contributed by atoms with Crippen molar-refractivity contribution >= 4 is 16.7 Å². The van der Waals surface area contributed by atoms with Crippen LogP contribution in [0.5, 0.6) is 0 Å². The third-order valence-electron chi connectivity index (χ3n) is 4.69. The van der Waals surface area contributed by atoms with E-state index in [-0.39, 0.29) is 12.0 Å². The van der Waals surface area contributed by atoms with Gasteiger partial charge in [-0.05, 0) is 29.3 Å². The monoisotopic (exact) mass is 347 g/mol. The van der Waals surface area contributed by atoms with E-state index in [4.69, 9.17) is 4.74 Å². The number of carbonyl (C=O) groups excluding carboxylic acids is 1. The van der Waals surface area contributed by atoms with Crippen LogP contribution in [0, 0.1) is 6.92 Å². The van der Waals surface area contributed by atoms with Gasteiger partial charge in [-0.2, -0.15) is 0 Å². The van der Waals surface area contributed by atoms with Gasteiger partial charge in [-0.1, -0.05) is 42.5 Å². The Labute approximate surface area is 152 Å². The van der Waals surface area contributed by atoms with Gasteiger partial charge in [-0.15, -0.1) is 0 Å². The molecule has 5 nitrogen and oxygen atoms in total. The lowest BCUT2D eigenvalue weighted by atomic mass is 10.0. The maximum Gasteiger partial charge on any atom is 0.227 e.